The molecular weight excluding hydrogens is 212 g/mol. The quantitative estimate of drug-likeness (QED) is 0.701. The van der Waals surface area contributed by atoms with E-state index in [1.54, 1.807) is 0 Å². The van der Waals surface area contributed by atoms with Crippen molar-refractivity contribution in [2.45, 2.75) is 51.7 Å². The Hall–Kier alpha value is -0.120. The van der Waals surface area contributed by atoms with Crippen molar-refractivity contribution >= 4 is 0 Å². The highest BCUT2D eigenvalue weighted by molar-refractivity contribution is 4.81. The summed E-state index contributed by atoms with van der Waals surface area (Å²) in [6.07, 6.45) is 6.32. The van der Waals surface area contributed by atoms with Crippen molar-refractivity contribution in [2.75, 3.05) is 32.7 Å². The fourth-order valence-corrected chi connectivity index (χ4v) is 2.66. The molecule has 3 heteroatoms. The highest BCUT2D eigenvalue weighted by Crippen LogP contribution is 2.30. The van der Waals surface area contributed by atoms with E-state index >= 15 is 0 Å². The second kappa shape index (κ2) is 6.72. The molecule has 2 atom stereocenters. The molecule has 17 heavy (non-hydrogen) atoms. The zero-order chi connectivity index (χ0) is 12.1. The molecule has 2 rings (SSSR count). The van der Waals surface area contributed by atoms with Crippen molar-refractivity contribution in [3.63, 3.8) is 0 Å². The van der Waals surface area contributed by atoms with E-state index in [0.29, 0.717) is 12.2 Å². The normalized spacial score (nSPS) is 29.1. The van der Waals surface area contributed by atoms with Crippen LogP contribution >= 0.6 is 0 Å². The number of hydrogen-bond acceptors (Lipinski definition) is 3. The van der Waals surface area contributed by atoms with E-state index in [-0.39, 0.29) is 0 Å². The third-order valence-corrected chi connectivity index (χ3v) is 3.94. The van der Waals surface area contributed by atoms with Crippen LogP contribution in [-0.4, -0.2) is 49.8 Å². The van der Waals surface area contributed by atoms with Gasteiger partial charge in [-0.05, 0) is 44.7 Å². The molecule has 3 nitrogen and oxygen atoms in total. The minimum Gasteiger partial charge on any atom is -0.372 e. The van der Waals surface area contributed by atoms with Crippen molar-refractivity contribution in [3.05, 3.63) is 0 Å². The lowest BCUT2D eigenvalue weighted by Gasteiger charge is -2.24. The van der Waals surface area contributed by atoms with Gasteiger partial charge < -0.3 is 15.0 Å². The van der Waals surface area contributed by atoms with Crippen LogP contribution in [0.4, 0.5) is 0 Å². The molecule has 2 aliphatic rings. The molecule has 0 radical (unpaired) electrons. The first-order valence-electron chi connectivity index (χ1n) is 7.40. The smallest absolute Gasteiger partial charge is 0.0707 e. The molecule has 2 unspecified atom stereocenters. The third kappa shape index (κ3) is 4.57. The van der Waals surface area contributed by atoms with Gasteiger partial charge in [0, 0.05) is 19.6 Å². The predicted molar refractivity (Wildman–Crippen MR) is 71.3 cm³/mol. The number of nitrogens with zero attached hydrogens (tertiary/aromatic N) is 1. The molecule has 1 heterocycles. The van der Waals surface area contributed by atoms with Crippen LogP contribution in [-0.2, 0) is 4.74 Å². The van der Waals surface area contributed by atoms with Gasteiger partial charge in [0.1, 0.15) is 0 Å². The van der Waals surface area contributed by atoms with Gasteiger partial charge in [-0.15, -0.1) is 0 Å². The highest BCUT2D eigenvalue weighted by atomic mass is 16.5. The van der Waals surface area contributed by atoms with Crippen molar-refractivity contribution in [1.29, 1.82) is 0 Å². The van der Waals surface area contributed by atoms with Gasteiger partial charge in [0.25, 0.3) is 0 Å². The van der Waals surface area contributed by atoms with E-state index in [4.69, 9.17) is 4.74 Å². The van der Waals surface area contributed by atoms with Crippen LogP contribution < -0.4 is 5.32 Å². The number of hydrogen-bond donors (Lipinski definition) is 1. The molecule has 1 saturated heterocycles. The monoisotopic (exact) mass is 240 g/mol. The maximum Gasteiger partial charge on any atom is 0.0707 e. The maximum absolute atomic E-state index is 6.09. The minimum absolute atomic E-state index is 0.458. The van der Waals surface area contributed by atoms with Gasteiger partial charge in [-0.2, -0.15) is 0 Å². The summed E-state index contributed by atoms with van der Waals surface area (Å²) >= 11 is 0. The molecule has 1 N–H and O–H groups in total. The first-order valence-corrected chi connectivity index (χ1v) is 7.40. The second-order valence-electron chi connectivity index (χ2n) is 5.56. The Morgan fingerprint density at radius 2 is 1.82 bits per heavy atom. The summed E-state index contributed by atoms with van der Waals surface area (Å²) < 4.78 is 6.09. The molecule has 1 saturated carbocycles. The third-order valence-electron chi connectivity index (χ3n) is 3.94. The molecule has 0 bridgehead atoms. The number of rotatable bonds is 8. The van der Waals surface area contributed by atoms with Gasteiger partial charge in [0.2, 0.25) is 0 Å². The molecular formula is C14H28N2O. The Morgan fingerprint density at radius 3 is 2.47 bits per heavy atom. The Labute approximate surface area is 106 Å². The van der Waals surface area contributed by atoms with Crippen LogP contribution in [0.25, 0.3) is 0 Å². The SMILES string of the molecule is CCNCC1CCC(CN(CC)CC2CC2)O1. The summed E-state index contributed by atoms with van der Waals surface area (Å²) in [5.41, 5.74) is 0. The van der Waals surface area contributed by atoms with E-state index in [2.05, 4.69) is 24.1 Å². The zero-order valence-corrected chi connectivity index (χ0v) is 11.5. The van der Waals surface area contributed by atoms with E-state index in [9.17, 15) is 0 Å². The second-order valence-corrected chi connectivity index (χ2v) is 5.56. The van der Waals surface area contributed by atoms with Crippen LogP contribution in [0.15, 0.2) is 0 Å². The summed E-state index contributed by atoms with van der Waals surface area (Å²) in [6, 6.07) is 0. The lowest BCUT2D eigenvalue weighted by molar-refractivity contribution is 0.0237. The molecule has 1 aliphatic carbocycles. The topological polar surface area (TPSA) is 24.5 Å². The summed E-state index contributed by atoms with van der Waals surface area (Å²) in [4.78, 5) is 2.58. The lowest BCUT2D eigenvalue weighted by atomic mass is 10.2. The van der Waals surface area contributed by atoms with Crippen LogP contribution in [0.2, 0.25) is 0 Å². The molecule has 0 aromatic rings. The van der Waals surface area contributed by atoms with Gasteiger partial charge in [0.15, 0.2) is 0 Å². The zero-order valence-electron chi connectivity index (χ0n) is 11.5. The molecule has 0 aromatic heterocycles. The van der Waals surface area contributed by atoms with Crippen LogP contribution in [0, 0.1) is 5.92 Å². The summed E-state index contributed by atoms with van der Waals surface area (Å²) in [5, 5.41) is 3.38. The summed E-state index contributed by atoms with van der Waals surface area (Å²) in [6.45, 7) is 10.1. The highest BCUT2D eigenvalue weighted by Gasteiger charge is 2.29. The van der Waals surface area contributed by atoms with Crippen molar-refractivity contribution in [2.24, 2.45) is 5.92 Å². The van der Waals surface area contributed by atoms with Crippen molar-refractivity contribution < 1.29 is 4.74 Å². The molecule has 0 aromatic carbocycles. The van der Waals surface area contributed by atoms with E-state index < -0.39 is 0 Å². The molecule has 0 amide bonds. The Kier molecular flexibility index (Phi) is 5.26. The van der Waals surface area contributed by atoms with Crippen molar-refractivity contribution in [1.82, 2.24) is 10.2 Å². The number of ether oxygens (including phenoxy) is 1. The maximum atomic E-state index is 6.09. The largest absolute Gasteiger partial charge is 0.372 e. The van der Waals surface area contributed by atoms with Gasteiger partial charge in [-0.3, -0.25) is 0 Å². The fourth-order valence-electron chi connectivity index (χ4n) is 2.66. The van der Waals surface area contributed by atoms with Crippen LogP contribution in [0.3, 0.4) is 0 Å². The van der Waals surface area contributed by atoms with Gasteiger partial charge in [-0.1, -0.05) is 13.8 Å². The van der Waals surface area contributed by atoms with Gasteiger partial charge in [0.05, 0.1) is 12.2 Å². The average Bonchev–Trinajstić information content (AvgIpc) is 3.04. The molecule has 0 spiro atoms. The van der Waals surface area contributed by atoms with E-state index in [1.165, 1.54) is 38.8 Å². The van der Waals surface area contributed by atoms with Crippen LogP contribution in [0.5, 0.6) is 0 Å². The molecule has 2 fully saturated rings. The fraction of sp³-hybridized carbons (Fsp3) is 1.00. The molecule has 100 valence electrons. The molecule has 1 aliphatic heterocycles. The summed E-state index contributed by atoms with van der Waals surface area (Å²) in [7, 11) is 0. The minimum atomic E-state index is 0.458. The van der Waals surface area contributed by atoms with Gasteiger partial charge >= 0.3 is 0 Å². The van der Waals surface area contributed by atoms with E-state index in [0.717, 1.165) is 25.6 Å². The van der Waals surface area contributed by atoms with Gasteiger partial charge in [-0.25, -0.2) is 0 Å². The first-order chi connectivity index (χ1) is 8.31. The lowest BCUT2D eigenvalue weighted by Crippen LogP contribution is -2.35. The van der Waals surface area contributed by atoms with Crippen LogP contribution in [0.1, 0.15) is 39.5 Å². The Balaban J connectivity index is 1.64. The average molecular weight is 240 g/mol. The predicted octanol–water partition coefficient (Wildman–Crippen LogP) is 1.88. The number of likely N-dealkylation sites (N-methyl/N-ethyl adjacent to an activating group) is 2. The Morgan fingerprint density at radius 1 is 1.06 bits per heavy atom. The van der Waals surface area contributed by atoms with Crippen molar-refractivity contribution in [3.8, 4) is 0 Å². The first kappa shape index (κ1) is 13.3. The van der Waals surface area contributed by atoms with E-state index in [1.807, 2.05) is 0 Å². The number of nitrogens with one attached hydrogen (secondary N) is 1. The Bertz CT molecular complexity index is 218. The standard InChI is InChI=1S/C14H28N2O/c1-3-15-9-13-7-8-14(17-13)11-16(4-2)10-12-5-6-12/h12-15H,3-11H2,1-2H3. The summed E-state index contributed by atoms with van der Waals surface area (Å²) in [5.74, 6) is 0.994.